The third-order valence-electron chi connectivity index (χ3n) is 5.74. The van der Waals surface area contributed by atoms with Crippen molar-refractivity contribution in [1.29, 1.82) is 0 Å². The minimum Gasteiger partial charge on any atom is -0.480 e. The Morgan fingerprint density at radius 3 is 2.65 bits per heavy atom. The van der Waals surface area contributed by atoms with Gasteiger partial charge in [-0.2, -0.15) is 9.29 Å². The number of benzene rings is 1. The first kappa shape index (κ1) is 20.1. The van der Waals surface area contributed by atoms with Crippen molar-refractivity contribution in [2.45, 2.75) is 23.7 Å². The average Bonchev–Trinajstić information content (AvgIpc) is 3.27. The minimum absolute atomic E-state index is 0.133. The Hall–Kier alpha value is -2.79. The maximum absolute atomic E-state index is 13.9. The Morgan fingerprint density at radius 1 is 1.19 bits per heavy atom. The molecule has 11 heteroatoms. The maximum atomic E-state index is 13.9. The third-order valence-corrected chi connectivity index (χ3v) is 7.64. The molecule has 2 aromatic heterocycles. The molecule has 0 aliphatic carbocycles. The van der Waals surface area contributed by atoms with Crippen molar-refractivity contribution in [3.05, 3.63) is 30.5 Å². The fourth-order valence-corrected chi connectivity index (χ4v) is 5.45. The van der Waals surface area contributed by atoms with Crippen molar-refractivity contribution < 1.29 is 21.9 Å². The highest BCUT2D eigenvalue weighted by molar-refractivity contribution is 7.89. The Kier molecular flexibility index (Phi) is 4.63. The number of hydrogen-bond acceptors (Lipinski definition) is 6. The lowest BCUT2D eigenvalue weighted by Gasteiger charge is -2.30. The molecule has 3 aromatic rings. The summed E-state index contributed by atoms with van der Waals surface area (Å²) in [7, 11) is -2.15. The van der Waals surface area contributed by atoms with Crippen molar-refractivity contribution in [1.82, 2.24) is 19.3 Å². The van der Waals surface area contributed by atoms with Crippen LogP contribution in [0.2, 0.25) is 0 Å². The highest BCUT2D eigenvalue weighted by Gasteiger charge is 2.39. The van der Waals surface area contributed by atoms with Crippen LogP contribution in [0.25, 0.3) is 22.4 Å². The molecule has 0 unspecified atom stereocenters. The number of alkyl halides is 2. The van der Waals surface area contributed by atoms with Gasteiger partial charge in [-0.25, -0.2) is 22.2 Å². The molecular weight excluding hydrogens is 428 g/mol. The molecule has 2 saturated heterocycles. The van der Waals surface area contributed by atoms with Gasteiger partial charge in [-0.15, -0.1) is 0 Å². The van der Waals surface area contributed by atoms with Crippen LogP contribution in [0, 0.1) is 0 Å². The third kappa shape index (κ3) is 3.51. The van der Waals surface area contributed by atoms with Crippen LogP contribution >= 0.6 is 0 Å². The van der Waals surface area contributed by atoms with Crippen molar-refractivity contribution >= 4 is 26.9 Å². The van der Waals surface area contributed by atoms with Gasteiger partial charge < -0.3 is 14.6 Å². The summed E-state index contributed by atoms with van der Waals surface area (Å²) in [5, 5.41) is 0. The fraction of sp³-hybridized carbons (Fsp3) is 0.400. The summed E-state index contributed by atoms with van der Waals surface area (Å²) in [5.74, 6) is -2.45. The number of H-pyrrole nitrogens is 1. The van der Waals surface area contributed by atoms with E-state index in [0.29, 0.717) is 47.1 Å². The van der Waals surface area contributed by atoms with E-state index in [2.05, 4.69) is 15.0 Å². The van der Waals surface area contributed by atoms with Crippen LogP contribution in [-0.4, -0.2) is 66.9 Å². The molecule has 5 rings (SSSR count). The summed E-state index contributed by atoms with van der Waals surface area (Å²) < 4.78 is 60.2. The van der Waals surface area contributed by atoms with Crippen LogP contribution in [-0.2, 0) is 10.0 Å². The van der Waals surface area contributed by atoms with Crippen molar-refractivity contribution in [3.63, 3.8) is 0 Å². The number of nitrogens with zero attached hydrogens (tertiary/aromatic N) is 4. The lowest BCUT2D eigenvalue weighted by Crippen LogP contribution is -2.41. The van der Waals surface area contributed by atoms with Gasteiger partial charge in [0.1, 0.15) is 5.52 Å². The standard InChI is InChI=1S/C20H21F2N5O3S/c1-30-18-11-23-16-10-15(24-19(16)25-18)14-9-13(31(28,29)27-6-2-7-27)3-4-17(14)26-8-5-20(21,22)12-26/h3-4,9-11H,2,5-8,12H2,1H3,(H,24,25). The summed E-state index contributed by atoms with van der Waals surface area (Å²) in [6, 6.07) is 6.37. The molecule has 164 valence electrons. The molecule has 0 spiro atoms. The van der Waals surface area contributed by atoms with Gasteiger partial charge in [0.2, 0.25) is 15.9 Å². The number of halogens is 2. The van der Waals surface area contributed by atoms with Gasteiger partial charge in [0, 0.05) is 37.3 Å². The monoisotopic (exact) mass is 449 g/mol. The largest absolute Gasteiger partial charge is 0.480 e. The minimum atomic E-state index is -3.64. The molecule has 0 atom stereocenters. The molecule has 0 saturated carbocycles. The summed E-state index contributed by atoms with van der Waals surface area (Å²) >= 11 is 0. The molecular formula is C20H21F2N5O3S. The first-order valence-corrected chi connectivity index (χ1v) is 11.4. The first-order valence-electron chi connectivity index (χ1n) is 9.94. The molecule has 0 radical (unpaired) electrons. The number of hydrogen-bond donors (Lipinski definition) is 1. The number of nitrogens with one attached hydrogen (secondary N) is 1. The van der Waals surface area contributed by atoms with Crippen LogP contribution in [0.4, 0.5) is 14.5 Å². The number of anilines is 1. The highest BCUT2D eigenvalue weighted by atomic mass is 32.2. The quantitative estimate of drug-likeness (QED) is 0.644. The lowest BCUT2D eigenvalue weighted by molar-refractivity contribution is 0.0257. The number of aromatic nitrogens is 3. The average molecular weight is 449 g/mol. The summed E-state index contributed by atoms with van der Waals surface area (Å²) in [4.78, 5) is 13.5. The second kappa shape index (κ2) is 7.13. The Labute approximate surface area is 177 Å². The second-order valence-electron chi connectivity index (χ2n) is 7.79. The number of ether oxygens (including phenoxy) is 1. The topological polar surface area (TPSA) is 91.4 Å². The van der Waals surface area contributed by atoms with Crippen LogP contribution < -0.4 is 9.64 Å². The Morgan fingerprint density at radius 2 is 2.00 bits per heavy atom. The fourth-order valence-electron chi connectivity index (χ4n) is 3.91. The molecule has 1 aromatic carbocycles. The van der Waals surface area contributed by atoms with E-state index >= 15 is 0 Å². The van der Waals surface area contributed by atoms with Crippen molar-refractivity contribution in [2.24, 2.45) is 0 Å². The van der Waals surface area contributed by atoms with Gasteiger partial charge in [0.25, 0.3) is 5.92 Å². The number of sulfonamides is 1. The summed E-state index contributed by atoms with van der Waals surface area (Å²) in [6.07, 6.45) is 2.06. The normalized spacial score (nSPS) is 19.0. The zero-order valence-electron chi connectivity index (χ0n) is 16.8. The zero-order chi connectivity index (χ0) is 21.8. The Balaban J connectivity index is 1.64. The molecule has 31 heavy (non-hydrogen) atoms. The summed E-state index contributed by atoms with van der Waals surface area (Å²) in [6.45, 7) is 0.737. The van der Waals surface area contributed by atoms with E-state index in [1.54, 1.807) is 23.1 Å². The second-order valence-corrected chi connectivity index (χ2v) is 9.73. The van der Waals surface area contributed by atoms with E-state index in [-0.39, 0.29) is 17.9 Å². The molecule has 0 amide bonds. The van der Waals surface area contributed by atoms with Crippen LogP contribution in [0.5, 0.6) is 5.88 Å². The van der Waals surface area contributed by atoms with Crippen LogP contribution in [0.15, 0.2) is 35.4 Å². The van der Waals surface area contributed by atoms with E-state index in [4.69, 9.17) is 4.74 Å². The van der Waals surface area contributed by atoms with Gasteiger partial charge >= 0.3 is 0 Å². The maximum Gasteiger partial charge on any atom is 0.266 e. The van der Waals surface area contributed by atoms with Gasteiger partial charge in [0.05, 0.1) is 30.4 Å². The molecule has 2 aliphatic heterocycles. The molecule has 2 aliphatic rings. The van der Waals surface area contributed by atoms with E-state index in [9.17, 15) is 17.2 Å². The first-order chi connectivity index (χ1) is 14.8. The van der Waals surface area contributed by atoms with Crippen molar-refractivity contribution in [2.75, 3.05) is 38.2 Å². The van der Waals surface area contributed by atoms with E-state index in [1.165, 1.54) is 23.7 Å². The SMILES string of the molecule is COc1cnc2cc(-c3cc(S(=O)(=O)N4CCC4)ccc3N3CCC(F)(F)C3)[nH]c2n1. The number of aromatic amines is 1. The molecule has 1 N–H and O–H groups in total. The Bertz CT molecular complexity index is 1260. The van der Waals surface area contributed by atoms with Gasteiger partial charge in [-0.3, -0.25) is 0 Å². The van der Waals surface area contributed by atoms with Crippen LogP contribution in [0.1, 0.15) is 12.8 Å². The smallest absolute Gasteiger partial charge is 0.266 e. The van der Waals surface area contributed by atoms with Crippen molar-refractivity contribution in [3.8, 4) is 17.1 Å². The predicted octanol–water partition coefficient (Wildman–Crippen LogP) is 2.87. The van der Waals surface area contributed by atoms with Gasteiger partial charge in [-0.05, 0) is 30.7 Å². The van der Waals surface area contributed by atoms with E-state index < -0.39 is 22.5 Å². The molecule has 4 heterocycles. The van der Waals surface area contributed by atoms with E-state index in [1.807, 2.05) is 0 Å². The highest BCUT2D eigenvalue weighted by Crippen LogP contribution is 2.39. The lowest BCUT2D eigenvalue weighted by atomic mass is 10.1. The predicted molar refractivity (Wildman–Crippen MR) is 111 cm³/mol. The molecule has 8 nitrogen and oxygen atoms in total. The molecule has 2 fully saturated rings. The summed E-state index contributed by atoms with van der Waals surface area (Å²) in [5.41, 5.74) is 2.62. The van der Waals surface area contributed by atoms with Gasteiger partial charge in [-0.1, -0.05) is 0 Å². The zero-order valence-corrected chi connectivity index (χ0v) is 17.6. The number of methoxy groups -OCH3 is 1. The number of rotatable bonds is 5. The molecule has 0 bridgehead atoms. The van der Waals surface area contributed by atoms with Gasteiger partial charge in [0.15, 0.2) is 5.65 Å². The number of fused-ring (bicyclic) bond motifs is 1. The van der Waals surface area contributed by atoms with Crippen LogP contribution in [0.3, 0.4) is 0 Å². The van der Waals surface area contributed by atoms with E-state index in [0.717, 1.165) is 6.42 Å².